The molecule has 0 spiro atoms. The molecule has 170 valence electrons. The minimum atomic E-state index is -3.76. The Morgan fingerprint density at radius 3 is 2.22 bits per heavy atom. The maximum atomic E-state index is 13.3. The van der Waals surface area contributed by atoms with Crippen LogP contribution in [-0.2, 0) is 27.7 Å². The number of rotatable bonds is 7. The fourth-order valence-electron chi connectivity index (χ4n) is 5.93. The molecule has 7 heteroatoms. The number of carbonyl (C=O) groups is 2. The Morgan fingerprint density at radius 2 is 1.66 bits per heavy atom. The number of aryl methyl sites for hydroxylation is 2. The largest absolute Gasteiger partial charge is 0.478 e. The van der Waals surface area contributed by atoms with Gasteiger partial charge < -0.3 is 5.11 Å². The molecule has 0 saturated heterocycles. The number of Topliss-reactive ketones (excluding diaryl/α,β-unsaturated/α-hetero) is 1. The number of fused-ring (bicyclic) bond motifs is 2. The molecule has 2 unspecified atom stereocenters. The van der Waals surface area contributed by atoms with Gasteiger partial charge in [0.2, 0.25) is 10.0 Å². The molecule has 2 aromatic carbocycles. The number of hydrogen-bond acceptors (Lipinski definition) is 4. The molecule has 2 bridgehead atoms. The maximum absolute atomic E-state index is 13.3. The smallest absolute Gasteiger partial charge is 0.335 e. The van der Waals surface area contributed by atoms with Gasteiger partial charge in [0.05, 0.1) is 17.5 Å². The van der Waals surface area contributed by atoms with Crippen molar-refractivity contribution in [2.45, 2.75) is 51.5 Å². The van der Waals surface area contributed by atoms with Crippen molar-refractivity contribution in [3.05, 3.63) is 65.2 Å². The Hall–Kier alpha value is -2.67. The molecule has 0 amide bonds. The predicted octanol–water partition coefficient (Wildman–Crippen LogP) is 4.08. The Labute approximate surface area is 189 Å². The summed E-state index contributed by atoms with van der Waals surface area (Å²) in [5.41, 5.74) is 0.695. The number of sulfonamides is 1. The van der Waals surface area contributed by atoms with Gasteiger partial charge in [0, 0.05) is 6.42 Å². The number of carbonyl (C=O) groups excluding carboxylic acids is 1. The average Bonchev–Trinajstić information content (AvgIpc) is 3.07. The first-order chi connectivity index (χ1) is 15.0. The molecular formula is C25H29NO5S. The fraction of sp³-hybridized carbons (Fsp3) is 0.440. The van der Waals surface area contributed by atoms with Crippen LogP contribution in [0.4, 0.5) is 5.69 Å². The summed E-state index contributed by atoms with van der Waals surface area (Å²) in [6.07, 6.45) is 3.84. The zero-order chi connectivity index (χ0) is 23.3. The second-order valence-corrected chi connectivity index (χ2v) is 11.4. The van der Waals surface area contributed by atoms with Crippen LogP contribution >= 0.6 is 0 Å². The van der Waals surface area contributed by atoms with Crippen LogP contribution in [0.2, 0.25) is 0 Å². The summed E-state index contributed by atoms with van der Waals surface area (Å²) in [7, 11) is -3.76. The van der Waals surface area contributed by atoms with Crippen molar-refractivity contribution in [2.75, 3.05) is 10.6 Å². The average molecular weight is 456 g/mol. The van der Waals surface area contributed by atoms with Crippen molar-refractivity contribution in [2.24, 2.45) is 11.3 Å². The van der Waals surface area contributed by atoms with Crippen LogP contribution in [0.3, 0.4) is 0 Å². The van der Waals surface area contributed by atoms with Gasteiger partial charge in [0.1, 0.15) is 5.54 Å². The van der Waals surface area contributed by atoms with Crippen LogP contribution in [-0.4, -0.2) is 37.1 Å². The maximum Gasteiger partial charge on any atom is 0.335 e. The lowest BCUT2D eigenvalue weighted by molar-refractivity contribution is -0.123. The molecule has 0 heterocycles. The minimum Gasteiger partial charge on any atom is -0.478 e. The van der Waals surface area contributed by atoms with Gasteiger partial charge in [-0.25, -0.2) is 13.2 Å². The van der Waals surface area contributed by atoms with Gasteiger partial charge in [0.15, 0.2) is 5.78 Å². The van der Waals surface area contributed by atoms with Crippen molar-refractivity contribution in [1.29, 1.82) is 0 Å². The summed E-state index contributed by atoms with van der Waals surface area (Å²) < 4.78 is 27.8. The van der Waals surface area contributed by atoms with E-state index in [-0.39, 0.29) is 17.3 Å². The molecule has 2 fully saturated rings. The normalized spacial score (nSPS) is 24.0. The minimum absolute atomic E-state index is 0.00444. The highest BCUT2D eigenvalue weighted by Gasteiger charge is 2.69. The predicted molar refractivity (Wildman–Crippen MR) is 123 cm³/mol. The van der Waals surface area contributed by atoms with Gasteiger partial charge in [-0.2, -0.15) is 0 Å². The van der Waals surface area contributed by atoms with Crippen LogP contribution in [0, 0.1) is 11.3 Å². The number of aromatic carboxylic acids is 1. The van der Waals surface area contributed by atoms with Crippen LogP contribution in [0.5, 0.6) is 0 Å². The standard InChI is InChI=1S/C25H29NO5S/c1-24(2)19-14-15-25(24,22(27)16-19)26(32(3,30)31)21-11-7-5-9-18(21)13-12-17-8-4-6-10-20(17)23(28)29/h4-11,19H,12-16H2,1-3H3,(H,28,29). The van der Waals surface area contributed by atoms with Gasteiger partial charge in [-0.1, -0.05) is 50.2 Å². The van der Waals surface area contributed by atoms with E-state index in [4.69, 9.17) is 0 Å². The van der Waals surface area contributed by atoms with Crippen molar-refractivity contribution < 1.29 is 23.1 Å². The van der Waals surface area contributed by atoms with Crippen molar-refractivity contribution >= 4 is 27.5 Å². The van der Waals surface area contributed by atoms with Crippen molar-refractivity contribution in [3.63, 3.8) is 0 Å². The summed E-state index contributed by atoms with van der Waals surface area (Å²) in [6.45, 7) is 4.03. The number of carboxylic acid groups (broad SMARTS) is 1. The highest BCUT2D eigenvalue weighted by Crippen LogP contribution is 2.62. The Bertz CT molecular complexity index is 1190. The molecule has 2 aliphatic carbocycles. The van der Waals surface area contributed by atoms with E-state index in [9.17, 15) is 23.1 Å². The van der Waals surface area contributed by atoms with E-state index in [1.54, 1.807) is 36.4 Å². The van der Waals surface area contributed by atoms with Gasteiger partial charge in [0.25, 0.3) is 0 Å². The number of benzene rings is 2. The number of ketones is 1. The van der Waals surface area contributed by atoms with Crippen LogP contribution < -0.4 is 4.31 Å². The van der Waals surface area contributed by atoms with E-state index in [0.717, 1.165) is 12.0 Å². The van der Waals surface area contributed by atoms with Crippen LogP contribution in [0.1, 0.15) is 54.6 Å². The molecule has 1 N–H and O–H groups in total. The fourth-order valence-corrected chi connectivity index (χ4v) is 7.46. The van der Waals surface area contributed by atoms with Gasteiger partial charge in [-0.05, 0) is 60.3 Å². The van der Waals surface area contributed by atoms with Crippen molar-refractivity contribution in [1.82, 2.24) is 0 Å². The van der Waals surface area contributed by atoms with E-state index in [1.807, 2.05) is 26.0 Å². The van der Waals surface area contributed by atoms with E-state index < -0.39 is 26.9 Å². The third-order valence-corrected chi connectivity index (χ3v) is 8.81. The lowest BCUT2D eigenvalue weighted by atomic mass is 9.75. The lowest BCUT2D eigenvalue weighted by Crippen LogP contribution is -2.60. The van der Waals surface area contributed by atoms with Crippen LogP contribution in [0.25, 0.3) is 0 Å². The molecular weight excluding hydrogens is 426 g/mol. The molecule has 0 aliphatic heterocycles. The second kappa shape index (κ2) is 7.73. The SMILES string of the molecule is CC1(C)C2CCC1(N(c1ccccc1CCc1ccccc1C(=O)O)S(C)(=O)=O)C(=O)C2. The molecule has 32 heavy (non-hydrogen) atoms. The molecule has 2 saturated carbocycles. The van der Waals surface area contributed by atoms with Crippen LogP contribution in [0.15, 0.2) is 48.5 Å². The summed E-state index contributed by atoms with van der Waals surface area (Å²) in [5, 5.41) is 9.49. The van der Waals surface area contributed by atoms with Gasteiger partial charge in [-0.15, -0.1) is 0 Å². The zero-order valence-corrected chi connectivity index (χ0v) is 19.5. The summed E-state index contributed by atoms with van der Waals surface area (Å²) >= 11 is 0. The van der Waals surface area contributed by atoms with Crippen molar-refractivity contribution in [3.8, 4) is 0 Å². The molecule has 2 aromatic rings. The molecule has 0 radical (unpaired) electrons. The second-order valence-electron chi connectivity index (χ2n) is 9.56. The summed E-state index contributed by atoms with van der Waals surface area (Å²) in [4.78, 5) is 24.9. The van der Waals surface area contributed by atoms with E-state index in [0.29, 0.717) is 36.9 Å². The van der Waals surface area contributed by atoms with Gasteiger partial charge in [-0.3, -0.25) is 9.10 Å². The molecule has 2 atom stereocenters. The number of anilines is 1. The zero-order valence-electron chi connectivity index (χ0n) is 18.7. The first-order valence-corrected chi connectivity index (χ1v) is 12.8. The van der Waals surface area contributed by atoms with E-state index in [2.05, 4.69) is 0 Å². The number of nitrogens with zero attached hydrogens (tertiary/aromatic N) is 1. The van der Waals surface area contributed by atoms with Gasteiger partial charge >= 0.3 is 5.97 Å². The van der Waals surface area contributed by atoms with E-state index in [1.165, 1.54) is 10.6 Å². The quantitative estimate of drug-likeness (QED) is 0.679. The molecule has 2 aliphatic rings. The first-order valence-electron chi connectivity index (χ1n) is 10.9. The van der Waals surface area contributed by atoms with E-state index >= 15 is 0 Å². The Kier molecular flexibility index (Phi) is 5.44. The highest BCUT2D eigenvalue weighted by atomic mass is 32.2. The molecule has 6 nitrogen and oxygen atoms in total. The molecule has 0 aromatic heterocycles. The Morgan fingerprint density at radius 1 is 1.06 bits per heavy atom. The first kappa shape index (κ1) is 22.5. The molecule has 4 rings (SSSR count). The topological polar surface area (TPSA) is 91.8 Å². The summed E-state index contributed by atoms with van der Waals surface area (Å²) in [6, 6.07) is 14.1. The number of carboxylic acids is 1. The Balaban J connectivity index is 1.78. The number of para-hydroxylation sites is 1. The monoisotopic (exact) mass is 455 g/mol. The lowest BCUT2D eigenvalue weighted by Gasteiger charge is -2.46. The highest BCUT2D eigenvalue weighted by molar-refractivity contribution is 7.92. The third kappa shape index (κ3) is 3.34. The number of hydrogen-bond donors (Lipinski definition) is 1. The summed E-state index contributed by atoms with van der Waals surface area (Å²) in [5.74, 6) is -0.815. The third-order valence-electron chi connectivity index (χ3n) is 7.63.